The van der Waals surface area contributed by atoms with Gasteiger partial charge in [-0.15, -0.1) is 0 Å². The van der Waals surface area contributed by atoms with Crippen molar-refractivity contribution < 1.29 is 19.2 Å². The van der Waals surface area contributed by atoms with Gasteiger partial charge in [-0.3, -0.25) is 10.1 Å². The smallest absolute Gasteiger partial charge is 0.410 e. The summed E-state index contributed by atoms with van der Waals surface area (Å²) >= 11 is 0. The van der Waals surface area contributed by atoms with E-state index >= 15 is 0 Å². The van der Waals surface area contributed by atoms with E-state index in [-0.39, 0.29) is 23.7 Å². The number of nitro benzene ring substituents is 1. The van der Waals surface area contributed by atoms with Crippen molar-refractivity contribution in [2.45, 2.75) is 58.1 Å². The van der Waals surface area contributed by atoms with Crippen LogP contribution in [0.15, 0.2) is 30.6 Å². The van der Waals surface area contributed by atoms with Crippen LogP contribution in [0.5, 0.6) is 0 Å². The Bertz CT molecular complexity index is 1350. The Morgan fingerprint density at radius 3 is 2.63 bits per heavy atom. The molecule has 0 spiro atoms. The van der Waals surface area contributed by atoms with Crippen molar-refractivity contribution in [3.63, 3.8) is 0 Å². The average Bonchev–Trinajstić information content (AvgIpc) is 3.28. The van der Waals surface area contributed by atoms with E-state index in [1.54, 1.807) is 21.7 Å². The summed E-state index contributed by atoms with van der Waals surface area (Å²) < 4.78 is 12.9. The SMILES string of the molecule is C[C@H]1CN(C(=O)OC(C)(C)C)CCN1c1ncnc2c1c(C1CCOCC1)nn2-c1cccc([N+](=O)[O-])c1. The van der Waals surface area contributed by atoms with Crippen molar-refractivity contribution in [2.24, 2.45) is 0 Å². The number of aromatic nitrogens is 4. The number of carbonyl (C=O) groups excluding carboxylic acids is 1. The number of hydrogen-bond donors (Lipinski definition) is 0. The van der Waals surface area contributed by atoms with E-state index in [4.69, 9.17) is 19.6 Å². The predicted molar refractivity (Wildman–Crippen MR) is 141 cm³/mol. The normalized spacial score (nSPS) is 19.1. The van der Waals surface area contributed by atoms with E-state index < -0.39 is 10.5 Å². The summed E-state index contributed by atoms with van der Waals surface area (Å²) in [5.74, 6) is 0.902. The first-order chi connectivity index (χ1) is 18.1. The molecule has 0 unspecified atom stereocenters. The van der Waals surface area contributed by atoms with Gasteiger partial charge in [0.15, 0.2) is 5.65 Å². The number of non-ortho nitro benzene ring substituents is 1. The Morgan fingerprint density at radius 1 is 1.18 bits per heavy atom. The zero-order chi connectivity index (χ0) is 27.0. The van der Waals surface area contributed by atoms with Crippen molar-refractivity contribution in [3.8, 4) is 5.69 Å². The van der Waals surface area contributed by atoms with Crippen LogP contribution in [0.4, 0.5) is 16.3 Å². The van der Waals surface area contributed by atoms with Crippen LogP contribution >= 0.6 is 0 Å². The van der Waals surface area contributed by atoms with Gasteiger partial charge in [0.05, 0.1) is 21.7 Å². The van der Waals surface area contributed by atoms with Crippen LogP contribution in [-0.2, 0) is 9.47 Å². The molecule has 2 aromatic heterocycles. The molecule has 3 aromatic rings. The topological polar surface area (TPSA) is 129 Å². The van der Waals surface area contributed by atoms with Gasteiger partial charge in [0, 0.05) is 56.9 Å². The third kappa shape index (κ3) is 5.13. The molecule has 2 aliphatic rings. The number of benzene rings is 1. The highest BCUT2D eigenvalue weighted by Gasteiger charge is 2.34. The maximum Gasteiger partial charge on any atom is 0.410 e. The molecule has 1 atom stereocenters. The summed E-state index contributed by atoms with van der Waals surface area (Å²) in [5, 5.41) is 17.3. The van der Waals surface area contributed by atoms with E-state index in [1.807, 2.05) is 20.8 Å². The van der Waals surface area contributed by atoms with E-state index in [0.29, 0.717) is 44.2 Å². The zero-order valence-electron chi connectivity index (χ0n) is 22.2. The average molecular weight is 524 g/mol. The first-order valence-corrected chi connectivity index (χ1v) is 12.9. The van der Waals surface area contributed by atoms with Crippen molar-refractivity contribution in [3.05, 3.63) is 46.4 Å². The fourth-order valence-corrected chi connectivity index (χ4v) is 5.12. The minimum atomic E-state index is -0.560. The molecular weight excluding hydrogens is 490 g/mol. The lowest BCUT2D eigenvalue weighted by molar-refractivity contribution is -0.384. The minimum absolute atomic E-state index is 0.0140. The third-order valence-electron chi connectivity index (χ3n) is 6.92. The second-order valence-electron chi connectivity index (χ2n) is 10.8. The fraction of sp³-hybridized carbons (Fsp3) is 0.538. The lowest BCUT2D eigenvalue weighted by Gasteiger charge is -2.41. The summed E-state index contributed by atoms with van der Waals surface area (Å²) in [7, 11) is 0. The van der Waals surface area contributed by atoms with E-state index in [9.17, 15) is 14.9 Å². The molecule has 12 heteroatoms. The van der Waals surface area contributed by atoms with Crippen molar-refractivity contribution in [2.75, 3.05) is 37.7 Å². The second kappa shape index (κ2) is 10.2. The lowest BCUT2D eigenvalue weighted by Crippen LogP contribution is -2.54. The maximum absolute atomic E-state index is 12.7. The third-order valence-corrected chi connectivity index (χ3v) is 6.92. The van der Waals surface area contributed by atoms with Gasteiger partial charge in [-0.05, 0) is 46.6 Å². The Kier molecular flexibility index (Phi) is 6.91. The molecule has 2 saturated heterocycles. The molecular formula is C26H33N7O5. The van der Waals surface area contributed by atoms with Gasteiger partial charge in [-0.25, -0.2) is 19.4 Å². The van der Waals surface area contributed by atoms with Gasteiger partial charge >= 0.3 is 6.09 Å². The molecule has 0 aliphatic carbocycles. The largest absolute Gasteiger partial charge is 0.444 e. The molecule has 12 nitrogen and oxygen atoms in total. The number of amides is 1. The quantitative estimate of drug-likeness (QED) is 0.367. The highest BCUT2D eigenvalue weighted by molar-refractivity contribution is 5.91. The summed E-state index contributed by atoms with van der Waals surface area (Å²) in [5.41, 5.74) is 1.46. The van der Waals surface area contributed by atoms with Gasteiger partial charge in [0.2, 0.25) is 0 Å². The summed E-state index contributed by atoms with van der Waals surface area (Å²) in [6, 6.07) is 6.37. The number of nitrogens with zero attached hydrogens (tertiary/aromatic N) is 7. The maximum atomic E-state index is 12.7. The minimum Gasteiger partial charge on any atom is -0.444 e. The molecule has 0 radical (unpaired) electrons. The molecule has 2 fully saturated rings. The highest BCUT2D eigenvalue weighted by Crippen LogP contribution is 2.37. The first kappa shape index (κ1) is 25.8. The van der Waals surface area contributed by atoms with Crippen LogP contribution in [0.25, 0.3) is 16.7 Å². The molecule has 5 rings (SSSR count). The molecule has 1 amide bonds. The number of nitro groups is 1. The van der Waals surface area contributed by atoms with Crippen LogP contribution in [0.1, 0.15) is 52.1 Å². The van der Waals surface area contributed by atoms with E-state index in [1.165, 1.54) is 18.5 Å². The van der Waals surface area contributed by atoms with E-state index in [0.717, 1.165) is 29.7 Å². The molecule has 2 aliphatic heterocycles. The number of piperazine rings is 1. The molecule has 4 heterocycles. The fourth-order valence-electron chi connectivity index (χ4n) is 5.12. The number of ether oxygens (including phenoxy) is 2. The van der Waals surface area contributed by atoms with Crippen LogP contribution in [0, 0.1) is 10.1 Å². The summed E-state index contributed by atoms with van der Waals surface area (Å²) in [6.45, 7) is 10.5. The van der Waals surface area contributed by atoms with Crippen LogP contribution < -0.4 is 4.90 Å². The Labute approximate surface area is 220 Å². The van der Waals surface area contributed by atoms with Gasteiger partial charge in [-0.1, -0.05) is 6.07 Å². The monoisotopic (exact) mass is 523 g/mol. The Morgan fingerprint density at radius 2 is 1.95 bits per heavy atom. The van der Waals surface area contributed by atoms with Crippen molar-refractivity contribution >= 4 is 28.6 Å². The Hall–Kier alpha value is -3.80. The van der Waals surface area contributed by atoms with Crippen LogP contribution in [-0.4, -0.2) is 80.2 Å². The van der Waals surface area contributed by atoms with Crippen molar-refractivity contribution in [1.29, 1.82) is 0 Å². The summed E-state index contributed by atoms with van der Waals surface area (Å²) in [6.07, 6.45) is 2.82. The first-order valence-electron chi connectivity index (χ1n) is 12.9. The number of fused-ring (bicyclic) bond motifs is 1. The number of carbonyl (C=O) groups is 1. The summed E-state index contributed by atoms with van der Waals surface area (Å²) in [4.78, 5) is 36.9. The van der Waals surface area contributed by atoms with Gasteiger partial charge in [0.1, 0.15) is 17.7 Å². The standard InChI is InChI=1S/C26H33N7O5/c1-17-15-30(25(34)38-26(2,3)4)10-11-31(17)23-21-22(18-8-12-37-13-9-18)29-32(24(21)28-16-27-23)19-6-5-7-20(14-19)33(35)36/h5-7,14,16-18H,8-13,15H2,1-4H3/t17-/m0/s1. The molecule has 38 heavy (non-hydrogen) atoms. The lowest BCUT2D eigenvalue weighted by atomic mass is 9.94. The highest BCUT2D eigenvalue weighted by atomic mass is 16.6. The number of anilines is 1. The zero-order valence-corrected chi connectivity index (χ0v) is 22.2. The second-order valence-corrected chi connectivity index (χ2v) is 10.8. The number of rotatable bonds is 4. The molecule has 1 aromatic carbocycles. The number of hydrogen-bond acceptors (Lipinski definition) is 9. The van der Waals surface area contributed by atoms with Gasteiger partial charge in [-0.2, -0.15) is 5.10 Å². The van der Waals surface area contributed by atoms with Crippen molar-refractivity contribution in [1.82, 2.24) is 24.6 Å². The van der Waals surface area contributed by atoms with E-state index in [2.05, 4.69) is 16.8 Å². The van der Waals surface area contributed by atoms with Crippen LogP contribution in [0.3, 0.4) is 0 Å². The Balaban J connectivity index is 1.55. The van der Waals surface area contributed by atoms with Gasteiger partial charge < -0.3 is 19.3 Å². The molecule has 0 N–H and O–H groups in total. The predicted octanol–water partition coefficient (Wildman–Crippen LogP) is 4.06. The molecule has 0 saturated carbocycles. The van der Waals surface area contributed by atoms with Gasteiger partial charge in [0.25, 0.3) is 5.69 Å². The van der Waals surface area contributed by atoms with Crippen LogP contribution in [0.2, 0.25) is 0 Å². The molecule has 202 valence electrons. The molecule has 0 bridgehead atoms.